The summed E-state index contributed by atoms with van der Waals surface area (Å²) >= 11 is 6.38. The maximum Gasteiger partial charge on any atom is 0.254 e. The van der Waals surface area contributed by atoms with Crippen LogP contribution in [0.15, 0.2) is 53.6 Å². The van der Waals surface area contributed by atoms with Crippen molar-refractivity contribution in [1.29, 1.82) is 0 Å². The molecule has 0 bridgehead atoms. The van der Waals surface area contributed by atoms with Gasteiger partial charge in [-0.05, 0) is 56.0 Å². The first-order valence-corrected chi connectivity index (χ1v) is 15.0. The van der Waals surface area contributed by atoms with Crippen LogP contribution in [0.4, 0.5) is 23.1 Å². The molecule has 2 fully saturated rings. The Morgan fingerprint density at radius 2 is 1.90 bits per heavy atom. The number of amides is 1. The maximum atomic E-state index is 13.0. The lowest BCUT2D eigenvalue weighted by Gasteiger charge is -2.27. The van der Waals surface area contributed by atoms with Crippen molar-refractivity contribution in [3.05, 3.63) is 59.2 Å². The van der Waals surface area contributed by atoms with E-state index in [9.17, 15) is 13.2 Å². The van der Waals surface area contributed by atoms with E-state index in [1.54, 1.807) is 41.3 Å². The fourth-order valence-electron chi connectivity index (χ4n) is 4.18. The van der Waals surface area contributed by atoms with Crippen molar-refractivity contribution in [2.45, 2.75) is 24.7 Å². The maximum absolute atomic E-state index is 13.0. The minimum atomic E-state index is -3.74. The third-order valence-electron chi connectivity index (χ3n) is 6.51. The van der Waals surface area contributed by atoms with Crippen molar-refractivity contribution in [2.24, 2.45) is 5.92 Å². The summed E-state index contributed by atoms with van der Waals surface area (Å²) in [5, 5.41) is 6.37. The number of morpholine rings is 1. The fourth-order valence-corrected chi connectivity index (χ4v) is 5.59. The number of carbonyl (C=O) groups excluding carboxylic acids is 1. The molecule has 2 heterocycles. The number of nitrogens with zero attached hydrogens (tertiary/aromatic N) is 3. The molecule has 1 aliphatic carbocycles. The Kier molecular flexibility index (Phi) is 8.69. The number of aromatic nitrogens is 2. The Labute approximate surface area is 238 Å². The van der Waals surface area contributed by atoms with E-state index in [1.807, 2.05) is 6.92 Å². The van der Waals surface area contributed by atoms with E-state index in [4.69, 9.17) is 21.1 Å². The lowest BCUT2D eigenvalue weighted by Crippen LogP contribution is -2.40. The number of para-hydroxylation sites is 1. The summed E-state index contributed by atoms with van der Waals surface area (Å²) < 4.78 is 39.8. The van der Waals surface area contributed by atoms with Crippen molar-refractivity contribution < 1.29 is 22.7 Å². The highest BCUT2D eigenvalue weighted by Gasteiger charge is 2.26. The second-order valence-corrected chi connectivity index (χ2v) is 11.6. The fraction of sp³-hybridized carbons (Fsp3) is 0.370. The molecule has 3 aromatic rings. The quantitative estimate of drug-likeness (QED) is 0.302. The lowest BCUT2D eigenvalue weighted by molar-refractivity contribution is 0.0302. The Hall–Kier alpha value is -3.45. The van der Waals surface area contributed by atoms with E-state index >= 15 is 0 Å². The zero-order chi connectivity index (χ0) is 28.1. The molecule has 0 atom stereocenters. The first-order valence-electron chi connectivity index (χ1n) is 13.1. The summed E-state index contributed by atoms with van der Waals surface area (Å²) in [6.07, 6.45) is 3.48. The van der Waals surface area contributed by atoms with Gasteiger partial charge in [0.2, 0.25) is 16.0 Å². The predicted molar refractivity (Wildman–Crippen MR) is 152 cm³/mol. The summed E-state index contributed by atoms with van der Waals surface area (Å²) in [6.45, 7) is 4.77. The highest BCUT2D eigenvalue weighted by molar-refractivity contribution is 7.89. The highest BCUT2D eigenvalue weighted by Crippen LogP contribution is 2.32. The van der Waals surface area contributed by atoms with Gasteiger partial charge in [-0.1, -0.05) is 23.7 Å². The summed E-state index contributed by atoms with van der Waals surface area (Å²) in [6, 6.07) is 11.7. The molecule has 1 amide bonds. The second-order valence-electron chi connectivity index (χ2n) is 9.48. The monoisotopic (exact) mass is 586 g/mol. The smallest absolute Gasteiger partial charge is 0.254 e. The van der Waals surface area contributed by atoms with Gasteiger partial charge in [0.15, 0.2) is 5.82 Å². The molecular formula is C27H31ClN6O5S. The number of rotatable bonds is 11. The molecule has 3 N–H and O–H groups in total. The van der Waals surface area contributed by atoms with Crippen LogP contribution >= 0.6 is 11.6 Å². The van der Waals surface area contributed by atoms with Gasteiger partial charge in [0, 0.05) is 25.2 Å². The normalized spacial score (nSPS) is 15.5. The summed E-state index contributed by atoms with van der Waals surface area (Å²) in [7, 11) is -3.74. The van der Waals surface area contributed by atoms with Crippen molar-refractivity contribution in [2.75, 3.05) is 50.1 Å². The molecule has 2 aromatic carbocycles. The molecule has 2 aliphatic rings. The van der Waals surface area contributed by atoms with E-state index in [-0.39, 0.29) is 27.6 Å². The summed E-state index contributed by atoms with van der Waals surface area (Å²) in [4.78, 5) is 23.5. The van der Waals surface area contributed by atoms with Gasteiger partial charge in [-0.15, -0.1) is 0 Å². The molecule has 5 rings (SSSR count). The van der Waals surface area contributed by atoms with Crippen LogP contribution in [0.25, 0.3) is 0 Å². The number of nitrogens with one attached hydrogen (secondary N) is 3. The number of hydrogen-bond acceptors (Lipinski definition) is 9. The van der Waals surface area contributed by atoms with E-state index in [0.717, 1.165) is 12.8 Å². The van der Waals surface area contributed by atoms with Crippen LogP contribution in [-0.4, -0.2) is 68.6 Å². The summed E-state index contributed by atoms with van der Waals surface area (Å²) in [5.74, 6) is 1.19. The predicted octanol–water partition coefficient (Wildman–Crippen LogP) is 4.18. The molecule has 0 spiro atoms. The third kappa shape index (κ3) is 6.81. The van der Waals surface area contributed by atoms with Gasteiger partial charge in [0.1, 0.15) is 15.7 Å². The highest BCUT2D eigenvalue weighted by atomic mass is 35.5. The van der Waals surface area contributed by atoms with Crippen LogP contribution < -0.4 is 20.1 Å². The van der Waals surface area contributed by atoms with Crippen molar-refractivity contribution in [3.63, 3.8) is 0 Å². The van der Waals surface area contributed by atoms with Crippen molar-refractivity contribution in [3.8, 4) is 5.75 Å². The zero-order valence-corrected chi connectivity index (χ0v) is 23.6. The van der Waals surface area contributed by atoms with Gasteiger partial charge >= 0.3 is 0 Å². The molecule has 11 nitrogen and oxygen atoms in total. The van der Waals surface area contributed by atoms with E-state index < -0.39 is 10.0 Å². The molecule has 13 heteroatoms. The molecule has 1 saturated heterocycles. The topological polar surface area (TPSA) is 135 Å². The van der Waals surface area contributed by atoms with Gasteiger partial charge in [-0.25, -0.2) is 18.1 Å². The molecule has 1 aliphatic heterocycles. The third-order valence-corrected chi connectivity index (χ3v) is 8.26. The number of hydrogen-bond donors (Lipinski definition) is 3. The van der Waals surface area contributed by atoms with Gasteiger partial charge in [-0.2, -0.15) is 4.98 Å². The molecule has 0 unspecified atom stereocenters. The average Bonchev–Trinajstić information content (AvgIpc) is 3.80. The minimum Gasteiger partial charge on any atom is -0.492 e. The van der Waals surface area contributed by atoms with Gasteiger partial charge in [0.25, 0.3) is 5.91 Å². The van der Waals surface area contributed by atoms with E-state index in [2.05, 4.69) is 25.3 Å². The zero-order valence-electron chi connectivity index (χ0n) is 22.0. The van der Waals surface area contributed by atoms with Crippen molar-refractivity contribution >= 4 is 50.7 Å². The molecule has 0 radical (unpaired) electrons. The molecule has 1 saturated carbocycles. The average molecular weight is 587 g/mol. The SMILES string of the molecule is CCOc1cc(C(=O)N2CCOCC2)ccc1Nc1ncc(Cl)c(Nc2ccccc2S(=O)(=O)NCC2CC2)n1. The molecule has 40 heavy (non-hydrogen) atoms. The van der Waals surface area contributed by atoms with Gasteiger partial charge < -0.3 is 25.0 Å². The van der Waals surface area contributed by atoms with Crippen LogP contribution in [0.3, 0.4) is 0 Å². The number of benzene rings is 2. The standard InChI is InChI=1S/C27H31ClN6O5S/c1-2-39-23-15-19(26(35)34-11-13-38-14-12-34)9-10-21(23)32-27-29-17-20(28)25(33-27)31-22-5-3-4-6-24(22)40(36,37)30-16-18-7-8-18/h3-6,9-10,15,17-18,30H,2,7-8,11-14,16H2,1H3,(H2,29,31,32,33). The lowest BCUT2D eigenvalue weighted by atomic mass is 10.1. The van der Waals surface area contributed by atoms with Crippen molar-refractivity contribution in [1.82, 2.24) is 19.6 Å². The Bertz CT molecular complexity index is 1480. The Morgan fingerprint density at radius 3 is 2.65 bits per heavy atom. The largest absolute Gasteiger partial charge is 0.492 e. The molecular weight excluding hydrogens is 556 g/mol. The van der Waals surface area contributed by atoms with E-state index in [1.165, 1.54) is 12.3 Å². The van der Waals surface area contributed by atoms with Gasteiger partial charge in [-0.3, -0.25) is 4.79 Å². The van der Waals surface area contributed by atoms with Crippen LogP contribution in [0.1, 0.15) is 30.1 Å². The van der Waals surface area contributed by atoms with Gasteiger partial charge in [0.05, 0.1) is 37.4 Å². The first-order chi connectivity index (χ1) is 19.3. The second kappa shape index (κ2) is 12.4. The first kappa shape index (κ1) is 28.1. The number of anilines is 4. The Morgan fingerprint density at radius 1 is 1.12 bits per heavy atom. The number of carbonyl (C=O) groups is 1. The Balaban J connectivity index is 1.36. The molecule has 212 valence electrons. The van der Waals surface area contributed by atoms with Crippen LogP contribution in [0.2, 0.25) is 5.02 Å². The number of halogens is 1. The van der Waals surface area contributed by atoms with Crippen LogP contribution in [0, 0.1) is 5.92 Å². The number of sulfonamides is 1. The van der Waals surface area contributed by atoms with E-state index in [0.29, 0.717) is 68.1 Å². The van der Waals surface area contributed by atoms with Crippen LogP contribution in [-0.2, 0) is 14.8 Å². The van der Waals surface area contributed by atoms with Crippen LogP contribution in [0.5, 0.6) is 5.75 Å². The number of ether oxygens (including phenoxy) is 2. The molecule has 1 aromatic heterocycles. The summed E-state index contributed by atoms with van der Waals surface area (Å²) in [5.41, 5.74) is 1.39. The minimum absolute atomic E-state index is 0.0923.